The van der Waals surface area contributed by atoms with Gasteiger partial charge in [-0.25, -0.2) is 13.3 Å². The van der Waals surface area contributed by atoms with Gasteiger partial charge in [0.25, 0.3) is 5.91 Å². The average Bonchev–Trinajstić information content (AvgIpc) is 3.12. The molecular weight excluding hydrogens is 570 g/mol. The number of nitrogens with zero attached hydrogens (tertiary/aromatic N) is 2. The Labute approximate surface area is 222 Å². The third-order valence-corrected chi connectivity index (χ3v) is 8.39. The van der Waals surface area contributed by atoms with Crippen molar-refractivity contribution in [2.45, 2.75) is 30.8 Å². The van der Waals surface area contributed by atoms with Gasteiger partial charge in [-0.1, -0.05) is 45.7 Å². The second-order valence-electron chi connectivity index (χ2n) is 8.11. The average molecular weight is 591 g/mol. The summed E-state index contributed by atoms with van der Waals surface area (Å²) in [7, 11) is -4.19. The Morgan fingerprint density at radius 3 is 2.31 bits per heavy atom. The Hall–Kier alpha value is -3.05. The number of hydrogen-bond acceptors (Lipinski definition) is 5. The van der Waals surface area contributed by atoms with Crippen LogP contribution in [0.4, 0.5) is 11.4 Å². The van der Waals surface area contributed by atoms with E-state index in [4.69, 9.17) is 11.6 Å². The van der Waals surface area contributed by atoms with Gasteiger partial charge in [0.15, 0.2) is 0 Å². The molecule has 186 valence electrons. The lowest BCUT2D eigenvalue weighted by Crippen LogP contribution is -2.45. The van der Waals surface area contributed by atoms with Crippen molar-refractivity contribution in [3.8, 4) is 0 Å². The van der Waals surface area contributed by atoms with E-state index in [-0.39, 0.29) is 29.5 Å². The first kappa shape index (κ1) is 26.0. The van der Waals surface area contributed by atoms with Crippen molar-refractivity contribution in [3.05, 3.63) is 87.9 Å². The topological polar surface area (TPSA) is 104 Å². The van der Waals surface area contributed by atoms with Gasteiger partial charge in [0.1, 0.15) is 6.04 Å². The maximum absolute atomic E-state index is 13.7. The molecule has 1 aliphatic rings. The van der Waals surface area contributed by atoms with E-state index >= 15 is 0 Å². The molecule has 0 spiro atoms. The van der Waals surface area contributed by atoms with E-state index in [0.717, 1.165) is 9.21 Å². The number of rotatable bonds is 7. The van der Waals surface area contributed by atoms with Crippen molar-refractivity contribution in [3.63, 3.8) is 0 Å². The largest absolute Gasteiger partial charge is 0.326 e. The Morgan fingerprint density at radius 2 is 1.69 bits per heavy atom. The first-order valence-corrected chi connectivity index (χ1v) is 13.4. The lowest BCUT2D eigenvalue weighted by atomic mass is 10.2. The fourth-order valence-electron chi connectivity index (χ4n) is 3.91. The zero-order valence-corrected chi connectivity index (χ0v) is 22.2. The molecule has 1 unspecified atom stereocenters. The van der Waals surface area contributed by atoms with Gasteiger partial charge in [0.05, 0.1) is 17.0 Å². The number of hydrogen-bond donors (Lipinski definition) is 1. The minimum atomic E-state index is -4.19. The minimum Gasteiger partial charge on any atom is -0.326 e. The molecule has 0 aromatic heterocycles. The summed E-state index contributed by atoms with van der Waals surface area (Å²) in [6, 6.07) is 17.7. The fraction of sp³-hybridized carbons (Fsp3) is 0.160. The normalized spacial score (nSPS) is 16.0. The molecule has 1 heterocycles. The summed E-state index contributed by atoms with van der Waals surface area (Å²) in [6.07, 6.45) is -0.327. The second kappa shape index (κ2) is 10.5. The van der Waals surface area contributed by atoms with Crippen LogP contribution in [0, 0.1) is 0 Å². The van der Waals surface area contributed by atoms with E-state index < -0.39 is 27.9 Å². The molecule has 3 aromatic rings. The summed E-state index contributed by atoms with van der Waals surface area (Å²) in [4.78, 5) is 38.7. The van der Waals surface area contributed by atoms with Gasteiger partial charge in [-0.05, 0) is 60.2 Å². The number of nitrogens with one attached hydrogen (secondary N) is 1. The molecule has 8 nitrogen and oxygen atoms in total. The van der Waals surface area contributed by atoms with Gasteiger partial charge in [0, 0.05) is 28.7 Å². The first-order chi connectivity index (χ1) is 17.1. The van der Waals surface area contributed by atoms with E-state index in [1.807, 2.05) is 0 Å². The van der Waals surface area contributed by atoms with Crippen LogP contribution in [-0.2, 0) is 31.0 Å². The van der Waals surface area contributed by atoms with Crippen molar-refractivity contribution in [2.75, 3.05) is 10.2 Å². The molecule has 1 fully saturated rings. The number of benzene rings is 3. The van der Waals surface area contributed by atoms with Crippen molar-refractivity contribution >= 4 is 66.7 Å². The van der Waals surface area contributed by atoms with Crippen LogP contribution in [0.3, 0.4) is 0 Å². The summed E-state index contributed by atoms with van der Waals surface area (Å²) in [5.41, 5.74) is 1.28. The molecule has 1 N–H and O–H groups in total. The maximum atomic E-state index is 13.7. The molecule has 0 bridgehead atoms. The molecule has 36 heavy (non-hydrogen) atoms. The first-order valence-electron chi connectivity index (χ1n) is 10.8. The number of carbonyl (C=O) groups excluding carboxylic acids is 3. The van der Waals surface area contributed by atoms with Crippen molar-refractivity contribution in [1.29, 1.82) is 0 Å². The van der Waals surface area contributed by atoms with Crippen molar-refractivity contribution < 1.29 is 22.8 Å². The zero-order chi connectivity index (χ0) is 26.0. The summed E-state index contributed by atoms with van der Waals surface area (Å²) < 4.78 is 29.2. The van der Waals surface area contributed by atoms with Gasteiger partial charge < -0.3 is 5.32 Å². The molecule has 11 heteroatoms. The van der Waals surface area contributed by atoms with E-state index in [0.29, 0.717) is 20.7 Å². The van der Waals surface area contributed by atoms with E-state index in [9.17, 15) is 22.8 Å². The number of carbonyl (C=O) groups is 3. The highest BCUT2D eigenvalue weighted by Crippen LogP contribution is 2.32. The molecule has 3 aromatic carbocycles. The smallest absolute Gasteiger partial charge is 0.252 e. The second-order valence-corrected chi connectivity index (χ2v) is 11.3. The number of halogens is 2. The van der Waals surface area contributed by atoms with E-state index in [2.05, 4.69) is 21.2 Å². The van der Waals surface area contributed by atoms with E-state index in [1.165, 1.54) is 31.2 Å². The van der Waals surface area contributed by atoms with Crippen molar-refractivity contribution in [1.82, 2.24) is 4.31 Å². The molecule has 1 aliphatic heterocycles. The third kappa shape index (κ3) is 5.36. The van der Waals surface area contributed by atoms with Gasteiger partial charge in [0.2, 0.25) is 21.8 Å². The lowest BCUT2D eigenvalue weighted by Gasteiger charge is -2.27. The zero-order valence-electron chi connectivity index (χ0n) is 19.0. The Morgan fingerprint density at radius 1 is 1.06 bits per heavy atom. The van der Waals surface area contributed by atoms with Gasteiger partial charge in [-0.3, -0.25) is 14.4 Å². The molecular formula is C25H21BrClN3O5S. The van der Waals surface area contributed by atoms with Gasteiger partial charge in [-0.15, -0.1) is 0 Å². The number of imide groups is 1. The van der Waals surface area contributed by atoms with Crippen LogP contribution >= 0.6 is 27.5 Å². The molecule has 1 saturated heterocycles. The highest BCUT2D eigenvalue weighted by atomic mass is 79.9. The van der Waals surface area contributed by atoms with Crippen LogP contribution in [-0.4, -0.2) is 36.5 Å². The van der Waals surface area contributed by atoms with Crippen LogP contribution in [0.5, 0.6) is 0 Å². The number of sulfonamides is 1. The number of amides is 3. The minimum absolute atomic E-state index is 0.0175. The Balaban J connectivity index is 1.71. The molecule has 3 amide bonds. The highest BCUT2D eigenvalue weighted by molar-refractivity contribution is 9.10. The molecule has 4 rings (SSSR count). The fourth-order valence-corrected chi connectivity index (χ4v) is 5.93. The van der Waals surface area contributed by atoms with Crippen LogP contribution in [0.15, 0.2) is 82.2 Å². The summed E-state index contributed by atoms with van der Waals surface area (Å²) >= 11 is 9.61. The van der Waals surface area contributed by atoms with Crippen LogP contribution in [0.25, 0.3) is 0 Å². The molecule has 1 atom stereocenters. The summed E-state index contributed by atoms with van der Waals surface area (Å²) in [6.45, 7) is 1.17. The van der Waals surface area contributed by atoms with Crippen LogP contribution in [0.1, 0.15) is 18.9 Å². The molecule has 0 aliphatic carbocycles. The molecule has 0 radical (unpaired) electrons. The Kier molecular flexibility index (Phi) is 7.60. The quantitative estimate of drug-likeness (QED) is 0.406. The third-order valence-electron chi connectivity index (χ3n) is 5.62. The van der Waals surface area contributed by atoms with E-state index in [1.54, 1.807) is 48.5 Å². The van der Waals surface area contributed by atoms with Crippen LogP contribution < -0.4 is 10.2 Å². The predicted octanol–water partition coefficient (Wildman–Crippen LogP) is 4.58. The standard InChI is InChI=1S/C25H21BrClN3O5S/c1-16(31)28-19-8-10-20(11-9-19)30-24(32)14-23(25(30)33)29(15-17-4-2-3-5-22(17)27)36(34,35)21-12-6-18(26)7-13-21/h2-13,23H,14-15H2,1H3,(H,28,31). The SMILES string of the molecule is CC(=O)Nc1ccc(N2C(=O)CC(N(Cc3ccccc3Cl)S(=O)(=O)c3ccc(Br)cc3)C2=O)cc1. The maximum Gasteiger partial charge on any atom is 0.252 e. The number of anilines is 2. The molecule has 0 saturated carbocycles. The summed E-state index contributed by atoms with van der Waals surface area (Å²) in [5, 5.41) is 2.96. The highest BCUT2D eigenvalue weighted by Gasteiger charge is 2.47. The Bertz CT molecular complexity index is 1430. The van der Waals surface area contributed by atoms with Gasteiger partial charge >= 0.3 is 0 Å². The summed E-state index contributed by atoms with van der Waals surface area (Å²) in [5.74, 6) is -1.46. The predicted molar refractivity (Wildman–Crippen MR) is 140 cm³/mol. The monoisotopic (exact) mass is 589 g/mol. The van der Waals surface area contributed by atoms with Crippen LogP contribution in [0.2, 0.25) is 5.02 Å². The van der Waals surface area contributed by atoms with Gasteiger partial charge in [-0.2, -0.15) is 4.31 Å². The van der Waals surface area contributed by atoms with Crippen molar-refractivity contribution in [2.24, 2.45) is 0 Å². The lowest BCUT2D eigenvalue weighted by molar-refractivity contribution is -0.122.